The molecule has 0 aromatic heterocycles. The van der Waals surface area contributed by atoms with Crippen LogP contribution in [0.3, 0.4) is 0 Å². The second-order valence-electron chi connectivity index (χ2n) is 6.35. The van der Waals surface area contributed by atoms with Gasteiger partial charge in [0.15, 0.2) is 0 Å². The Morgan fingerprint density at radius 1 is 1.13 bits per heavy atom. The van der Waals surface area contributed by atoms with Crippen LogP contribution in [0.5, 0.6) is 5.75 Å². The van der Waals surface area contributed by atoms with Crippen molar-refractivity contribution in [2.24, 2.45) is 0 Å². The summed E-state index contributed by atoms with van der Waals surface area (Å²) in [5, 5.41) is 10.2. The Morgan fingerprint density at radius 3 is 2.42 bits per heavy atom. The lowest BCUT2D eigenvalue weighted by molar-refractivity contribution is -0.384. The fraction of sp³-hybridized carbons (Fsp3) is 0.190. The lowest BCUT2D eigenvalue weighted by Crippen LogP contribution is -2.34. The number of rotatable bonds is 8. The van der Waals surface area contributed by atoms with Crippen LogP contribution in [0.4, 0.5) is 10.5 Å². The topological polar surface area (TPSA) is 116 Å². The molecule has 0 saturated carbocycles. The van der Waals surface area contributed by atoms with Gasteiger partial charge in [-0.3, -0.25) is 29.4 Å². The quantitative estimate of drug-likeness (QED) is 0.262. The van der Waals surface area contributed by atoms with Gasteiger partial charge in [-0.2, -0.15) is 0 Å². The van der Waals surface area contributed by atoms with Crippen LogP contribution in [-0.2, 0) is 20.9 Å². The van der Waals surface area contributed by atoms with Gasteiger partial charge < -0.3 is 9.47 Å². The number of hydrogen-bond acceptors (Lipinski definition) is 8. The van der Waals surface area contributed by atoms with Crippen LogP contribution >= 0.6 is 11.8 Å². The van der Waals surface area contributed by atoms with Crippen LogP contribution in [-0.4, -0.2) is 40.1 Å². The molecule has 160 valence electrons. The summed E-state index contributed by atoms with van der Waals surface area (Å²) in [6, 6.07) is 12.9. The second kappa shape index (κ2) is 9.90. The Bertz CT molecular complexity index is 1030. The molecule has 1 aliphatic rings. The smallest absolute Gasteiger partial charge is 0.326 e. The number of thioether (sulfide) groups is 1. The van der Waals surface area contributed by atoms with E-state index in [-0.39, 0.29) is 23.8 Å². The van der Waals surface area contributed by atoms with Gasteiger partial charge in [-0.15, -0.1) is 0 Å². The third-order valence-corrected chi connectivity index (χ3v) is 5.10. The number of nitro benzene ring substituents is 1. The molecule has 0 spiro atoms. The van der Waals surface area contributed by atoms with Gasteiger partial charge in [-0.25, -0.2) is 0 Å². The summed E-state index contributed by atoms with van der Waals surface area (Å²) in [4.78, 5) is 47.3. The van der Waals surface area contributed by atoms with Crippen LogP contribution in [0.25, 0.3) is 6.08 Å². The molecule has 0 unspecified atom stereocenters. The number of esters is 1. The monoisotopic (exact) mass is 442 g/mol. The van der Waals surface area contributed by atoms with Gasteiger partial charge in [0.2, 0.25) is 0 Å². The summed E-state index contributed by atoms with van der Waals surface area (Å²) in [5.74, 6) is -0.604. The summed E-state index contributed by atoms with van der Waals surface area (Å²) >= 11 is 0.763. The van der Waals surface area contributed by atoms with Crippen molar-refractivity contribution in [1.29, 1.82) is 0 Å². The molecule has 0 bridgehead atoms. The summed E-state index contributed by atoms with van der Waals surface area (Å²) in [6.07, 6.45) is 1.57. The number of benzene rings is 2. The molecular weight excluding hydrogens is 424 g/mol. The number of nitro groups is 1. The maximum atomic E-state index is 12.4. The normalized spacial score (nSPS) is 14.7. The highest BCUT2D eigenvalue weighted by Gasteiger charge is 2.36. The van der Waals surface area contributed by atoms with E-state index in [1.807, 2.05) is 0 Å². The van der Waals surface area contributed by atoms with Crippen LogP contribution in [0, 0.1) is 10.1 Å². The molecule has 1 saturated heterocycles. The summed E-state index contributed by atoms with van der Waals surface area (Å²) in [5.41, 5.74) is 1.48. The molecule has 0 atom stereocenters. The Hall–Kier alpha value is -3.66. The Balaban J connectivity index is 1.60. The van der Waals surface area contributed by atoms with Crippen LogP contribution in [0.1, 0.15) is 18.1 Å². The van der Waals surface area contributed by atoms with Crippen molar-refractivity contribution < 1.29 is 28.8 Å². The number of ether oxygens (including phenoxy) is 2. The van der Waals surface area contributed by atoms with Gasteiger partial charge in [0.05, 0.1) is 16.4 Å². The Labute approximate surface area is 181 Å². The van der Waals surface area contributed by atoms with E-state index >= 15 is 0 Å². The zero-order chi connectivity index (χ0) is 22.4. The van der Waals surface area contributed by atoms with Crippen molar-refractivity contribution in [1.82, 2.24) is 4.90 Å². The van der Waals surface area contributed by atoms with Crippen LogP contribution in [0.2, 0.25) is 0 Å². The molecule has 10 heteroatoms. The fourth-order valence-corrected chi connectivity index (χ4v) is 3.50. The molecule has 1 heterocycles. The number of imide groups is 1. The number of carbonyl (C=O) groups excluding carboxylic acids is 3. The fourth-order valence-electron chi connectivity index (χ4n) is 2.66. The van der Waals surface area contributed by atoms with Crippen molar-refractivity contribution in [2.45, 2.75) is 13.5 Å². The number of hydrogen-bond donors (Lipinski definition) is 0. The zero-order valence-corrected chi connectivity index (χ0v) is 17.3. The number of carbonyl (C=O) groups is 3. The van der Waals surface area contributed by atoms with Gasteiger partial charge in [0, 0.05) is 12.1 Å². The first-order valence-electron chi connectivity index (χ1n) is 9.24. The van der Waals surface area contributed by atoms with E-state index in [4.69, 9.17) is 9.47 Å². The molecule has 2 aromatic rings. The molecule has 2 aromatic carbocycles. The predicted octanol–water partition coefficient (Wildman–Crippen LogP) is 3.77. The average molecular weight is 442 g/mol. The van der Waals surface area contributed by atoms with Gasteiger partial charge in [-0.1, -0.05) is 12.1 Å². The van der Waals surface area contributed by atoms with Crippen LogP contribution < -0.4 is 4.74 Å². The minimum absolute atomic E-state index is 0.0137. The molecule has 31 heavy (non-hydrogen) atoms. The molecular formula is C21H18N2O7S. The van der Waals surface area contributed by atoms with E-state index in [1.165, 1.54) is 12.1 Å². The SMILES string of the molecule is CCOC(=O)CN1C(=O)S/C(=C\c2ccc(OCc3ccc([N+](=O)[O-])cc3)cc2)C1=O. The van der Waals surface area contributed by atoms with Crippen molar-refractivity contribution in [3.05, 3.63) is 74.7 Å². The first-order valence-corrected chi connectivity index (χ1v) is 10.1. The van der Waals surface area contributed by atoms with Crippen LogP contribution in [0.15, 0.2) is 53.4 Å². The summed E-state index contributed by atoms with van der Waals surface area (Å²) in [6.45, 7) is 1.64. The zero-order valence-electron chi connectivity index (χ0n) is 16.5. The van der Waals surface area contributed by atoms with E-state index in [0.29, 0.717) is 11.3 Å². The van der Waals surface area contributed by atoms with E-state index in [9.17, 15) is 24.5 Å². The number of nitrogens with zero attached hydrogens (tertiary/aromatic N) is 2. The molecule has 1 fully saturated rings. The molecule has 9 nitrogen and oxygen atoms in total. The summed E-state index contributed by atoms with van der Waals surface area (Å²) < 4.78 is 10.4. The highest BCUT2D eigenvalue weighted by molar-refractivity contribution is 8.18. The number of amides is 2. The molecule has 1 aliphatic heterocycles. The largest absolute Gasteiger partial charge is 0.489 e. The summed E-state index contributed by atoms with van der Waals surface area (Å²) in [7, 11) is 0. The van der Waals surface area contributed by atoms with Gasteiger partial charge in [0.1, 0.15) is 18.9 Å². The third-order valence-electron chi connectivity index (χ3n) is 4.20. The van der Waals surface area contributed by atoms with Crippen molar-refractivity contribution in [2.75, 3.05) is 13.2 Å². The van der Waals surface area contributed by atoms with Crippen molar-refractivity contribution in [3.8, 4) is 5.75 Å². The lowest BCUT2D eigenvalue weighted by Gasteiger charge is -2.10. The van der Waals surface area contributed by atoms with Gasteiger partial charge >= 0.3 is 5.97 Å². The highest BCUT2D eigenvalue weighted by atomic mass is 32.2. The van der Waals surface area contributed by atoms with E-state index in [2.05, 4.69) is 0 Å². The maximum absolute atomic E-state index is 12.4. The third kappa shape index (κ3) is 5.70. The Kier molecular flexibility index (Phi) is 7.03. The average Bonchev–Trinajstić information content (AvgIpc) is 3.01. The molecule has 0 N–H and O–H groups in total. The van der Waals surface area contributed by atoms with E-state index in [0.717, 1.165) is 22.2 Å². The van der Waals surface area contributed by atoms with Crippen molar-refractivity contribution >= 4 is 40.6 Å². The van der Waals surface area contributed by atoms with E-state index < -0.39 is 28.6 Å². The highest BCUT2D eigenvalue weighted by Crippen LogP contribution is 2.32. The minimum atomic E-state index is -0.638. The molecule has 3 rings (SSSR count). The molecule has 2 amide bonds. The maximum Gasteiger partial charge on any atom is 0.326 e. The standard InChI is InChI=1S/C21H18N2O7S/c1-2-29-19(24)12-22-20(25)18(31-21(22)26)11-14-5-9-17(10-6-14)30-13-15-3-7-16(8-4-15)23(27)28/h3-11H,2,12-13H2,1H3/b18-11-. The van der Waals surface area contributed by atoms with Crippen molar-refractivity contribution in [3.63, 3.8) is 0 Å². The predicted molar refractivity (Wildman–Crippen MR) is 113 cm³/mol. The first kappa shape index (κ1) is 22.0. The van der Waals surface area contributed by atoms with E-state index in [1.54, 1.807) is 49.4 Å². The minimum Gasteiger partial charge on any atom is -0.489 e. The first-order chi connectivity index (χ1) is 14.9. The Morgan fingerprint density at radius 2 is 1.81 bits per heavy atom. The van der Waals surface area contributed by atoms with Gasteiger partial charge in [-0.05, 0) is 60.2 Å². The second-order valence-corrected chi connectivity index (χ2v) is 7.35. The molecule has 0 aliphatic carbocycles. The van der Waals surface area contributed by atoms with Gasteiger partial charge in [0.25, 0.3) is 16.8 Å². The molecule has 0 radical (unpaired) electrons. The lowest BCUT2D eigenvalue weighted by atomic mass is 10.2. The number of non-ortho nitro benzene ring substituents is 1.